The van der Waals surface area contributed by atoms with Crippen molar-refractivity contribution >= 4 is 61.5 Å². The fraction of sp³-hybridized carbons (Fsp3) is 0.292. The van der Waals surface area contributed by atoms with Crippen molar-refractivity contribution in [3.05, 3.63) is 60.7 Å². The van der Waals surface area contributed by atoms with Crippen LogP contribution in [0.5, 0.6) is 0 Å². The van der Waals surface area contributed by atoms with Gasteiger partial charge in [-0.2, -0.15) is 0 Å². The lowest BCUT2D eigenvalue weighted by atomic mass is 10.0. The van der Waals surface area contributed by atoms with Crippen LogP contribution < -0.4 is 5.32 Å². The Morgan fingerprint density at radius 3 is 2.28 bits per heavy atom. The largest absolute Gasteiger partial charge is 0.384 e. The van der Waals surface area contributed by atoms with Crippen molar-refractivity contribution < 1.29 is 0 Å². The van der Waals surface area contributed by atoms with Gasteiger partial charge in [0.05, 0.1) is 16.7 Å². The van der Waals surface area contributed by atoms with Crippen LogP contribution in [-0.2, 0) is 0 Å². The molecular formula is C24H25Cl2N3. The van der Waals surface area contributed by atoms with Crippen molar-refractivity contribution in [1.82, 2.24) is 9.88 Å². The van der Waals surface area contributed by atoms with Gasteiger partial charge in [0.15, 0.2) is 0 Å². The molecule has 3 aromatic carbocycles. The Balaban J connectivity index is 1.65. The fourth-order valence-electron chi connectivity index (χ4n) is 3.91. The molecule has 1 heterocycles. The number of alkyl halides is 2. The van der Waals surface area contributed by atoms with E-state index in [4.69, 9.17) is 28.2 Å². The number of para-hydroxylation sites is 1. The molecule has 0 radical (unpaired) electrons. The molecule has 0 spiro atoms. The second-order valence-corrected chi connectivity index (χ2v) is 7.94. The number of nitrogens with zero attached hydrogens (tertiary/aromatic N) is 2. The zero-order valence-corrected chi connectivity index (χ0v) is 17.9. The van der Waals surface area contributed by atoms with E-state index in [2.05, 4.69) is 64.8 Å². The molecule has 150 valence electrons. The fourth-order valence-corrected chi connectivity index (χ4v) is 4.38. The van der Waals surface area contributed by atoms with Crippen LogP contribution in [0.4, 0.5) is 5.69 Å². The zero-order chi connectivity index (χ0) is 20.1. The number of rotatable bonds is 9. The van der Waals surface area contributed by atoms with Gasteiger partial charge in [0.2, 0.25) is 0 Å². The van der Waals surface area contributed by atoms with Gasteiger partial charge in [-0.3, -0.25) is 0 Å². The Morgan fingerprint density at radius 2 is 1.48 bits per heavy atom. The summed E-state index contributed by atoms with van der Waals surface area (Å²) in [6, 6.07) is 21.2. The maximum Gasteiger partial charge on any atom is 0.0808 e. The molecule has 4 rings (SSSR count). The van der Waals surface area contributed by atoms with E-state index in [9.17, 15) is 0 Å². The quantitative estimate of drug-likeness (QED) is 0.151. The first-order valence-corrected chi connectivity index (χ1v) is 11.2. The van der Waals surface area contributed by atoms with Crippen LogP contribution in [0.2, 0.25) is 0 Å². The molecule has 0 saturated carbocycles. The first-order valence-electron chi connectivity index (χ1n) is 10.1. The zero-order valence-electron chi connectivity index (χ0n) is 16.4. The molecule has 1 aromatic heterocycles. The lowest BCUT2D eigenvalue weighted by molar-refractivity contribution is 0.306. The molecule has 0 aliphatic heterocycles. The summed E-state index contributed by atoms with van der Waals surface area (Å²) < 4.78 is 0. The molecule has 0 saturated heterocycles. The number of hydrogen-bond acceptors (Lipinski definition) is 3. The SMILES string of the molecule is ClCCN(CCCl)CCCNc1c2ccccc2nc2c1ccc1ccccc12. The Labute approximate surface area is 181 Å². The van der Waals surface area contributed by atoms with Gasteiger partial charge in [-0.05, 0) is 24.4 Å². The number of aromatic nitrogens is 1. The lowest BCUT2D eigenvalue weighted by Crippen LogP contribution is -2.30. The summed E-state index contributed by atoms with van der Waals surface area (Å²) in [5, 5.41) is 8.43. The van der Waals surface area contributed by atoms with E-state index >= 15 is 0 Å². The van der Waals surface area contributed by atoms with Crippen LogP contribution in [0.1, 0.15) is 6.42 Å². The Kier molecular flexibility index (Phi) is 6.70. The van der Waals surface area contributed by atoms with Crippen LogP contribution in [0.15, 0.2) is 60.7 Å². The Morgan fingerprint density at radius 1 is 0.759 bits per heavy atom. The van der Waals surface area contributed by atoms with Gasteiger partial charge in [-0.25, -0.2) is 4.98 Å². The Bertz CT molecular complexity index is 1110. The van der Waals surface area contributed by atoms with Crippen molar-refractivity contribution in [2.45, 2.75) is 6.42 Å². The number of anilines is 1. The summed E-state index contributed by atoms with van der Waals surface area (Å²) in [4.78, 5) is 7.31. The predicted molar refractivity (Wildman–Crippen MR) is 128 cm³/mol. The number of pyridine rings is 1. The molecule has 1 N–H and O–H groups in total. The summed E-state index contributed by atoms with van der Waals surface area (Å²) in [5.74, 6) is 1.27. The molecule has 3 nitrogen and oxygen atoms in total. The second kappa shape index (κ2) is 9.62. The van der Waals surface area contributed by atoms with Gasteiger partial charge < -0.3 is 10.2 Å². The summed E-state index contributed by atoms with van der Waals surface area (Å²) in [6.45, 7) is 3.62. The average molecular weight is 426 g/mol. The van der Waals surface area contributed by atoms with E-state index < -0.39 is 0 Å². The minimum Gasteiger partial charge on any atom is -0.384 e. The Hall–Kier alpha value is -2.07. The summed E-state index contributed by atoms with van der Waals surface area (Å²) in [5.41, 5.74) is 3.23. The molecule has 0 bridgehead atoms. The number of hydrogen-bond donors (Lipinski definition) is 1. The van der Waals surface area contributed by atoms with Crippen molar-refractivity contribution in [2.75, 3.05) is 43.3 Å². The van der Waals surface area contributed by atoms with E-state index in [-0.39, 0.29) is 0 Å². The number of halogens is 2. The molecule has 0 unspecified atom stereocenters. The molecule has 29 heavy (non-hydrogen) atoms. The van der Waals surface area contributed by atoms with Crippen LogP contribution in [0.25, 0.3) is 32.6 Å². The van der Waals surface area contributed by atoms with E-state index in [1.54, 1.807) is 0 Å². The van der Waals surface area contributed by atoms with E-state index in [0.29, 0.717) is 11.8 Å². The maximum atomic E-state index is 5.91. The maximum absolute atomic E-state index is 5.91. The van der Waals surface area contributed by atoms with Gasteiger partial charge in [0.25, 0.3) is 0 Å². The van der Waals surface area contributed by atoms with Crippen LogP contribution in [0.3, 0.4) is 0 Å². The van der Waals surface area contributed by atoms with Gasteiger partial charge in [0, 0.05) is 47.6 Å². The standard InChI is InChI=1S/C24H25Cl2N3/c25-12-16-29(17-13-26)15-5-14-27-23-20-8-3-4-9-22(20)28-24-19-7-2-1-6-18(19)10-11-21(23)24/h1-4,6-11H,5,12-17H2,(H,27,28). The van der Waals surface area contributed by atoms with Crippen LogP contribution in [-0.4, -0.2) is 47.8 Å². The smallest absolute Gasteiger partial charge is 0.0808 e. The molecule has 0 amide bonds. The number of benzene rings is 3. The van der Waals surface area contributed by atoms with Gasteiger partial charge in [-0.15, -0.1) is 23.2 Å². The second-order valence-electron chi connectivity index (χ2n) is 7.19. The van der Waals surface area contributed by atoms with Crippen molar-refractivity contribution in [1.29, 1.82) is 0 Å². The summed E-state index contributed by atoms with van der Waals surface area (Å²) >= 11 is 11.8. The molecule has 5 heteroatoms. The normalized spacial score (nSPS) is 11.7. The molecule has 4 aromatic rings. The molecular weight excluding hydrogens is 401 g/mol. The van der Waals surface area contributed by atoms with Crippen molar-refractivity contribution in [2.24, 2.45) is 0 Å². The van der Waals surface area contributed by atoms with Crippen molar-refractivity contribution in [3.8, 4) is 0 Å². The van der Waals surface area contributed by atoms with Crippen molar-refractivity contribution in [3.63, 3.8) is 0 Å². The van der Waals surface area contributed by atoms with Crippen LogP contribution >= 0.6 is 23.2 Å². The first kappa shape index (κ1) is 20.2. The molecule has 0 fully saturated rings. The molecule has 0 aliphatic rings. The van der Waals surface area contributed by atoms with Crippen LogP contribution in [0, 0.1) is 0 Å². The minimum atomic E-state index is 0.636. The number of nitrogens with one attached hydrogen (secondary N) is 1. The molecule has 0 atom stereocenters. The third-order valence-corrected chi connectivity index (χ3v) is 5.67. The lowest BCUT2D eigenvalue weighted by Gasteiger charge is -2.20. The predicted octanol–water partition coefficient (Wildman–Crippen LogP) is 6.12. The van der Waals surface area contributed by atoms with Gasteiger partial charge in [0.1, 0.15) is 0 Å². The minimum absolute atomic E-state index is 0.636. The van der Waals surface area contributed by atoms with E-state index in [0.717, 1.165) is 54.7 Å². The highest BCUT2D eigenvalue weighted by Crippen LogP contribution is 2.34. The van der Waals surface area contributed by atoms with E-state index in [1.165, 1.54) is 16.2 Å². The highest BCUT2D eigenvalue weighted by molar-refractivity contribution is 6.18. The average Bonchev–Trinajstić information content (AvgIpc) is 2.76. The summed E-state index contributed by atoms with van der Waals surface area (Å²) in [7, 11) is 0. The highest BCUT2D eigenvalue weighted by atomic mass is 35.5. The third-order valence-electron chi connectivity index (χ3n) is 5.33. The molecule has 0 aliphatic carbocycles. The monoisotopic (exact) mass is 425 g/mol. The van der Waals surface area contributed by atoms with Gasteiger partial charge >= 0.3 is 0 Å². The van der Waals surface area contributed by atoms with Gasteiger partial charge in [-0.1, -0.05) is 54.6 Å². The third kappa shape index (κ3) is 4.42. The summed E-state index contributed by atoms with van der Waals surface area (Å²) in [6.07, 6.45) is 1.03. The highest BCUT2D eigenvalue weighted by Gasteiger charge is 2.11. The number of fused-ring (bicyclic) bond motifs is 4. The topological polar surface area (TPSA) is 28.2 Å². The first-order chi connectivity index (χ1) is 14.3. The van der Waals surface area contributed by atoms with E-state index in [1.807, 2.05) is 6.07 Å².